The number of thioether (sulfide) groups is 1. The normalized spacial score (nSPS) is 13.4. The second-order valence-electron chi connectivity index (χ2n) is 12.0. The number of rotatable bonds is 6. The van der Waals surface area contributed by atoms with E-state index in [4.69, 9.17) is 0 Å². The number of fused-ring (bicyclic) bond motifs is 6. The highest BCUT2D eigenvalue weighted by Gasteiger charge is 2.33. The van der Waals surface area contributed by atoms with Crippen molar-refractivity contribution >= 4 is 69.6 Å². The summed E-state index contributed by atoms with van der Waals surface area (Å²) in [5, 5.41) is 0.0374. The first-order valence-corrected chi connectivity index (χ1v) is 18.3. The van der Waals surface area contributed by atoms with E-state index in [1.54, 1.807) is 6.92 Å². The molecule has 4 heterocycles. The van der Waals surface area contributed by atoms with Crippen molar-refractivity contribution in [3.8, 4) is 0 Å². The van der Waals surface area contributed by atoms with Gasteiger partial charge in [0.1, 0.15) is 11.3 Å². The van der Waals surface area contributed by atoms with Gasteiger partial charge in [-0.25, -0.2) is 19.6 Å². The first-order chi connectivity index (χ1) is 24.6. The smallest absolute Gasteiger partial charge is 0.289 e. The summed E-state index contributed by atoms with van der Waals surface area (Å²) in [5.74, 6) is 0.291. The number of carbonyl (C=O) groups is 4. The summed E-state index contributed by atoms with van der Waals surface area (Å²) in [6, 6.07) is 0. The molecule has 0 saturated heterocycles. The van der Waals surface area contributed by atoms with Crippen molar-refractivity contribution in [3.63, 3.8) is 0 Å². The molecule has 0 saturated carbocycles. The van der Waals surface area contributed by atoms with Crippen molar-refractivity contribution in [1.29, 1.82) is 0 Å². The number of hydrogen-bond donors (Lipinski definition) is 1. The lowest BCUT2D eigenvalue weighted by molar-refractivity contribution is 0.0991. The summed E-state index contributed by atoms with van der Waals surface area (Å²) in [4.78, 5) is 109. The van der Waals surface area contributed by atoms with Crippen molar-refractivity contribution in [1.82, 2.24) is 28.2 Å². The van der Waals surface area contributed by atoms with Crippen LogP contribution in [0.3, 0.4) is 0 Å². The van der Waals surface area contributed by atoms with E-state index in [-0.39, 0.29) is 55.9 Å². The number of thiol groups is 1. The van der Waals surface area contributed by atoms with Gasteiger partial charge in [0.05, 0.1) is 49.3 Å². The van der Waals surface area contributed by atoms with Gasteiger partial charge >= 0.3 is 11.4 Å². The van der Waals surface area contributed by atoms with Gasteiger partial charge in [0.15, 0.2) is 17.3 Å². The van der Waals surface area contributed by atoms with Gasteiger partial charge in [0, 0.05) is 34.3 Å². The molecule has 16 heteroatoms. The standard InChI is InChI=1S/C18H19N3O4S.C15H13N3O4.C3H8S/c1-5-7-26-11-8-10(22)13-12(15(11)23)9(6-2)19-16-14(13)17(24)21(4)18(25)20(16)3;1-4-7-10-8(19)5-6-9(20)11(10)12-13(16-7)17(2)15(22)18(3)14(12)21;1-2-3-4/h8H,5-7H2,1-4H3;5-6H,4H2,1-3H3;4H,2-3H2,1H3. The first kappa shape index (κ1) is 39.8. The quantitative estimate of drug-likeness (QED) is 0.286. The minimum Gasteiger partial charge on any atom is -0.289 e. The number of hydrogen-bond acceptors (Lipinski definition) is 12. The Balaban J connectivity index is 0.000000213. The Morgan fingerprint density at radius 2 is 1.02 bits per heavy atom. The predicted octanol–water partition coefficient (Wildman–Crippen LogP) is 3.06. The highest BCUT2D eigenvalue weighted by atomic mass is 32.2. The largest absolute Gasteiger partial charge is 0.332 e. The number of nitrogens with zero attached hydrogens (tertiary/aromatic N) is 6. The van der Waals surface area contributed by atoms with Crippen LogP contribution in [-0.4, -0.2) is 62.9 Å². The summed E-state index contributed by atoms with van der Waals surface area (Å²) in [6.07, 6.45) is 6.51. The average molecular weight is 749 g/mol. The maximum absolute atomic E-state index is 13.0. The van der Waals surface area contributed by atoms with Gasteiger partial charge in [0.2, 0.25) is 5.78 Å². The van der Waals surface area contributed by atoms with Crippen molar-refractivity contribution in [2.45, 2.75) is 53.4 Å². The molecule has 0 spiro atoms. The molecule has 6 rings (SSSR count). The van der Waals surface area contributed by atoms with Crippen molar-refractivity contribution < 1.29 is 19.2 Å². The van der Waals surface area contributed by atoms with Crippen LogP contribution in [0.2, 0.25) is 0 Å². The zero-order chi connectivity index (χ0) is 38.8. The molecule has 0 fully saturated rings. The van der Waals surface area contributed by atoms with Crippen LogP contribution in [0.1, 0.15) is 93.4 Å². The molecule has 0 unspecified atom stereocenters. The van der Waals surface area contributed by atoms with Crippen LogP contribution < -0.4 is 22.5 Å². The first-order valence-electron chi connectivity index (χ1n) is 16.7. The summed E-state index contributed by atoms with van der Waals surface area (Å²) in [7, 11) is 5.65. The number of allylic oxidation sites excluding steroid dienone is 4. The van der Waals surface area contributed by atoms with Gasteiger partial charge in [-0.15, -0.1) is 11.8 Å². The Bertz CT molecular complexity index is 2500. The number of aromatic nitrogens is 6. The van der Waals surface area contributed by atoms with Crippen molar-refractivity contribution in [2.24, 2.45) is 28.2 Å². The van der Waals surface area contributed by atoms with Crippen LogP contribution in [0, 0.1) is 0 Å². The molecule has 4 aromatic rings. The third-order valence-electron chi connectivity index (χ3n) is 8.52. The molecule has 0 aromatic carbocycles. The molecule has 0 amide bonds. The topological polar surface area (TPSA) is 182 Å². The highest BCUT2D eigenvalue weighted by molar-refractivity contribution is 8.04. The van der Waals surface area contributed by atoms with Crippen LogP contribution in [0.25, 0.3) is 22.1 Å². The Morgan fingerprint density at radius 3 is 1.44 bits per heavy atom. The summed E-state index contributed by atoms with van der Waals surface area (Å²) < 4.78 is 4.29. The molecular weight excluding hydrogens is 709 g/mol. The lowest BCUT2D eigenvalue weighted by Gasteiger charge is -2.20. The molecule has 2 aliphatic carbocycles. The lowest BCUT2D eigenvalue weighted by Crippen LogP contribution is -2.39. The molecule has 2 aliphatic rings. The zero-order valence-corrected chi connectivity index (χ0v) is 32.0. The van der Waals surface area contributed by atoms with E-state index in [1.165, 1.54) is 67.7 Å². The van der Waals surface area contributed by atoms with Crippen LogP contribution >= 0.6 is 24.4 Å². The summed E-state index contributed by atoms with van der Waals surface area (Å²) in [6.45, 7) is 7.71. The molecular formula is C36H40N6O8S2. The third kappa shape index (κ3) is 6.84. The predicted molar refractivity (Wildman–Crippen MR) is 205 cm³/mol. The fraction of sp³-hybridized carbons (Fsp3) is 0.389. The van der Waals surface area contributed by atoms with E-state index in [0.29, 0.717) is 29.1 Å². The minimum absolute atomic E-state index is 0.0134. The minimum atomic E-state index is -0.624. The molecule has 274 valence electrons. The lowest BCUT2D eigenvalue weighted by atomic mass is 9.90. The van der Waals surface area contributed by atoms with Crippen LogP contribution in [0.15, 0.2) is 42.3 Å². The van der Waals surface area contributed by atoms with Gasteiger partial charge in [0.25, 0.3) is 11.1 Å². The Labute approximate surface area is 307 Å². The highest BCUT2D eigenvalue weighted by Crippen LogP contribution is 2.33. The molecule has 0 N–H and O–H groups in total. The number of ketones is 4. The van der Waals surface area contributed by atoms with E-state index in [1.807, 2.05) is 13.8 Å². The Kier molecular flexibility index (Phi) is 12.4. The van der Waals surface area contributed by atoms with Crippen molar-refractivity contribution in [2.75, 3.05) is 11.5 Å². The van der Waals surface area contributed by atoms with E-state index in [0.717, 1.165) is 33.1 Å². The van der Waals surface area contributed by atoms with Gasteiger partial charge in [-0.1, -0.05) is 27.7 Å². The van der Waals surface area contributed by atoms with E-state index in [2.05, 4.69) is 29.5 Å². The number of Topliss-reactive ketones (excluding diaryl/α,β-unsaturated/α-hetero) is 1. The SMILES string of the molecule is CCCS.CCCSC1=CC(=O)c2c(c(CC)nc3c2c(=O)n(C)c(=O)n3C)C1=O.CCc1nc2c(c3c1C(=O)C=CC3=O)c(=O)n(C)c(=O)n2C. The van der Waals surface area contributed by atoms with E-state index >= 15 is 0 Å². The maximum Gasteiger partial charge on any atom is 0.332 e. The fourth-order valence-electron chi connectivity index (χ4n) is 5.80. The molecule has 0 bridgehead atoms. The second kappa shape index (κ2) is 16.2. The Morgan fingerprint density at radius 1 is 0.596 bits per heavy atom. The van der Waals surface area contributed by atoms with Crippen LogP contribution in [-0.2, 0) is 41.0 Å². The van der Waals surface area contributed by atoms with Gasteiger partial charge in [-0.3, -0.25) is 47.0 Å². The monoisotopic (exact) mass is 748 g/mol. The van der Waals surface area contributed by atoms with E-state index < -0.39 is 34.1 Å². The molecule has 0 radical (unpaired) electrons. The molecule has 14 nitrogen and oxygen atoms in total. The van der Waals surface area contributed by atoms with Crippen LogP contribution in [0.5, 0.6) is 0 Å². The van der Waals surface area contributed by atoms with Gasteiger partial charge < -0.3 is 0 Å². The molecule has 0 atom stereocenters. The summed E-state index contributed by atoms with van der Waals surface area (Å²) >= 11 is 5.26. The molecule has 4 aromatic heterocycles. The average Bonchev–Trinajstić information content (AvgIpc) is 3.15. The van der Waals surface area contributed by atoms with Crippen molar-refractivity contribution in [3.05, 3.63) is 98.5 Å². The summed E-state index contributed by atoms with van der Waals surface area (Å²) in [5.41, 5.74) is -0.731. The number of aryl methyl sites for hydroxylation is 4. The van der Waals surface area contributed by atoms with Gasteiger partial charge in [-0.2, -0.15) is 12.6 Å². The van der Waals surface area contributed by atoms with Gasteiger partial charge in [-0.05, 0) is 49.3 Å². The number of pyridine rings is 2. The second-order valence-corrected chi connectivity index (χ2v) is 13.6. The third-order valence-corrected chi connectivity index (χ3v) is 10.2. The molecule has 0 aliphatic heterocycles. The maximum atomic E-state index is 13.0. The number of carbonyl (C=O) groups excluding carboxylic acids is 4. The fourth-order valence-corrected chi connectivity index (χ4v) is 6.65. The molecule has 52 heavy (non-hydrogen) atoms. The van der Waals surface area contributed by atoms with E-state index in [9.17, 15) is 38.4 Å². The Hall–Kier alpha value is -4.96. The van der Waals surface area contributed by atoms with Crippen LogP contribution in [0.4, 0.5) is 0 Å². The zero-order valence-electron chi connectivity index (χ0n) is 30.3.